The molecule has 0 aliphatic carbocycles. The fourth-order valence-electron chi connectivity index (χ4n) is 2.34. The third-order valence-corrected chi connectivity index (χ3v) is 4.05. The molecule has 0 aromatic heterocycles. The van der Waals surface area contributed by atoms with Gasteiger partial charge in [-0.2, -0.15) is 0 Å². The van der Waals surface area contributed by atoms with Crippen molar-refractivity contribution < 1.29 is 9.72 Å². The lowest BCUT2D eigenvalue weighted by molar-refractivity contribution is -0.384. The summed E-state index contributed by atoms with van der Waals surface area (Å²) in [4.78, 5) is 24.6. The van der Waals surface area contributed by atoms with E-state index in [1.807, 2.05) is 50.1 Å². The lowest BCUT2D eigenvalue weighted by atomic mass is 10.1. The number of carbonyl (C=O) groups excluding carboxylic acids is 1. The van der Waals surface area contributed by atoms with Gasteiger partial charge in [0.1, 0.15) is 0 Å². The highest BCUT2D eigenvalue weighted by atomic mass is 16.6. The molecule has 2 aromatic carbocycles. The second-order valence-electron chi connectivity index (χ2n) is 5.81. The average Bonchev–Trinajstić information content (AvgIpc) is 2.56. The van der Waals surface area contributed by atoms with Crippen molar-refractivity contribution in [3.8, 4) is 0 Å². The highest BCUT2D eigenvalue weighted by molar-refractivity contribution is 5.94. The van der Waals surface area contributed by atoms with Crippen LogP contribution in [-0.4, -0.2) is 28.8 Å². The molecule has 0 bridgehead atoms. The summed E-state index contributed by atoms with van der Waals surface area (Å²) in [6, 6.07) is 13.6. The summed E-state index contributed by atoms with van der Waals surface area (Å²) in [6.07, 6.45) is 0. The maximum atomic E-state index is 12.4. The van der Waals surface area contributed by atoms with Crippen molar-refractivity contribution in [1.82, 2.24) is 4.90 Å². The van der Waals surface area contributed by atoms with Crippen LogP contribution in [0.25, 0.3) is 0 Å². The first-order valence-electron chi connectivity index (χ1n) is 7.68. The number of amides is 1. The number of likely N-dealkylation sites (N-methyl/N-ethyl adjacent to an activating group) is 1. The highest BCUT2D eigenvalue weighted by Gasteiger charge is 2.19. The van der Waals surface area contributed by atoms with Crippen LogP contribution in [0, 0.1) is 17.0 Å². The predicted molar refractivity (Wildman–Crippen MR) is 93.8 cm³/mol. The highest BCUT2D eigenvalue weighted by Crippen LogP contribution is 2.18. The van der Waals surface area contributed by atoms with Gasteiger partial charge in [-0.3, -0.25) is 19.8 Å². The summed E-state index contributed by atoms with van der Waals surface area (Å²) < 4.78 is 0. The van der Waals surface area contributed by atoms with Gasteiger partial charge in [-0.25, -0.2) is 0 Å². The zero-order valence-corrected chi connectivity index (χ0v) is 14.0. The van der Waals surface area contributed by atoms with Crippen molar-refractivity contribution in [3.63, 3.8) is 0 Å². The fourth-order valence-corrected chi connectivity index (χ4v) is 2.34. The Morgan fingerprint density at radius 2 is 1.96 bits per heavy atom. The molecule has 126 valence electrons. The molecule has 1 unspecified atom stereocenters. The Kier molecular flexibility index (Phi) is 5.65. The quantitative estimate of drug-likeness (QED) is 0.652. The van der Waals surface area contributed by atoms with Gasteiger partial charge in [0.25, 0.3) is 5.69 Å². The van der Waals surface area contributed by atoms with Crippen LogP contribution in [-0.2, 0) is 11.3 Å². The van der Waals surface area contributed by atoms with Crippen molar-refractivity contribution in [2.45, 2.75) is 26.4 Å². The van der Waals surface area contributed by atoms with Crippen LogP contribution in [0.15, 0.2) is 48.5 Å². The number of hydrogen-bond acceptors (Lipinski definition) is 4. The Morgan fingerprint density at radius 3 is 2.62 bits per heavy atom. The van der Waals surface area contributed by atoms with Crippen molar-refractivity contribution in [2.75, 3.05) is 12.4 Å². The number of carbonyl (C=O) groups is 1. The van der Waals surface area contributed by atoms with Gasteiger partial charge in [-0.05, 0) is 38.1 Å². The molecule has 0 saturated heterocycles. The van der Waals surface area contributed by atoms with Crippen LogP contribution in [0.1, 0.15) is 18.1 Å². The van der Waals surface area contributed by atoms with E-state index in [-0.39, 0.29) is 17.6 Å². The normalized spacial score (nSPS) is 12.0. The summed E-state index contributed by atoms with van der Waals surface area (Å²) in [5.41, 5.74) is 2.71. The van der Waals surface area contributed by atoms with Crippen LogP contribution in [0.5, 0.6) is 0 Å². The van der Waals surface area contributed by atoms with Crippen LogP contribution < -0.4 is 5.32 Å². The standard InChI is InChI=1S/C18H21N3O3/c1-13-7-4-5-8-15(13)12-20(3)14(2)18(22)19-16-9-6-10-17(11-16)21(23)24/h4-11,14H,12H2,1-3H3,(H,19,22). The Labute approximate surface area is 141 Å². The number of aryl methyl sites for hydroxylation is 1. The van der Waals surface area contributed by atoms with Crippen molar-refractivity contribution in [2.24, 2.45) is 0 Å². The van der Waals surface area contributed by atoms with Gasteiger partial charge >= 0.3 is 0 Å². The molecule has 6 heteroatoms. The largest absolute Gasteiger partial charge is 0.324 e. The number of anilines is 1. The SMILES string of the molecule is Cc1ccccc1CN(C)C(C)C(=O)Nc1cccc([N+](=O)[O-])c1. The summed E-state index contributed by atoms with van der Waals surface area (Å²) in [5, 5.41) is 13.5. The van der Waals surface area contributed by atoms with Gasteiger partial charge in [0.2, 0.25) is 5.91 Å². The van der Waals surface area contributed by atoms with E-state index in [0.717, 1.165) is 5.56 Å². The van der Waals surface area contributed by atoms with Crippen LogP contribution in [0.3, 0.4) is 0 Å². The molecule has 0 spiro atoms. The molecule has 0 aliphatic rings. The Balaban J connectivity index is 2.02. The number of nitrogens with zero attached hydrogens (tertiary/aromatic N) is 2. The van der Waals surface area contributed by atoms with Gasteiger partial charge < -0.3 is 5.32 Å². The molecule has 24 heavy (non-hydrogen) atoms. The van der Waals surface area contributed by atoms with Gasteiger partial charge in [0, 0.05) is 24.4 Å². The predicted octanol–water partition coefficient (Wildman–Crippen LogP) is 3.36. The van der Waals surface area contributed by atoms with E-state index >= 15 is 0 Å². The Morgan fingerprint density at radius 1 is 1.25 bits per heavy atom. The average molecular weight is 327 g/mol. The number of hydrogen-bond donors (Lipinski definition) is 1. The minimum atomic E-state index is -0.483. The summed E-state index contributed by atoms with van der Waals surface area (Å²) in [6.45, 7) is 4.50. The Bertz CT molecular complexity index is 746. The first kappa shape index (κ1) is 17.6. The van der Waals surface area contributed by atoms with E-state index in [1.54, 1.807) is 12.1 Å². The van der Waals surface area contributed by atoms with E-state index in [1.165, 1.54) is 17.7 Å². The third-order valence-electron chi connectivity index (χ3n) is 4.05. The van der Waals surface area contributed by atoms with E-state index in [2.05, 4.69) is 5.32 Å². The molecular formula is C18H21N3O3. The van der Waals surface area contributed by atoms with Gasteiger partial charge in [-0.1, -0.05) is 30.3 Å². The zero-order chi connectivity index (χ0) is 17.7. The van der Waals surface area contributed by atoms with E-state index < -0.39 is 4.92 Å². The second kappa shape index (κ2) is 7.70. The van der Waals surface area contributed by atoms with Gasteiger partial charge in [0.15, 0.2) is 0 Å². The minimum Gasteiger partial charge on any atom is -0.324 e. The minimum absolute atomic E-state index is 0.0475. The molecule has 0 aliphatic heterocycles. The van der Waals surface area contributed by atoms with Crippen molar-refractivity contribution in [1.29, 1.82) is 0 Å². The van der Waals surface area contributed by atoms with Crippen molar-refractivity contribution in [3.05, 3.63) is 69.8 Å². The smallest absolute Gasteiger partial charge is 0.271 e. The van der Waals surface area contributed by atoms with Crippen LogP contribution in [0.4, 0.5) is 11.4 Å². The lowest BCUT2D eigenvalue weighted by Crippen LogP contribution is -2.39. The number of nitrogens with one attached hydrogen (secondary N) is 1. The molecular weight excluding hydrogens is 306 g/mol. The molecule has 2 aromatic rings. The van der Waals surface area contributed by atoms with Crippen molar-refractivity contribution >= 4 is 17.3 Å². The molecule has 0 radical (unpaired) electrons. The maximum absolute atomic E-state index is 12.4. The lowest BCUT2D eigenvalue weighted by Gasteiger charge is -2.24. The van der Waals surface area contributed by atoms with Gasteiger partial charge in [0.05, 0.1) is 11.0 Å². The number of non-ortho nitro benzene ring substituents is 1. The molecule has 1 N–H and O–H groups in total. The fraction of sp³-hybridized carbons (Fsp3) is 0.278. The second-order valence-corrected chi connectivity index (χ2v) is 5.81. The van der Waals surface area contributed by atoms with Crippen LogP contribution in [0.2, 0.25) is 0 Å². The molecule has 6 nitrogen and oxygen atoms in total. The van der Waals surface area contributed by atoms with Crippen LogP contribution >= 0.6 is 0 Å². The molecule has 0 saturated carbocycles. The number of nitro benzene ring substituents is 1. The van der Waals surface area contributed by atoms with E-state index in [0.29, 0.717) is 12.2 Å². The number of benzene rings is 2. The Hall–Kier alpha value is -2.73. The summed E-state index contributed by atoms with van der Waals surface area (Å²) in [5.74, 6) is -0.202. The van der Waals surface area contributed by atoms with E-state index in [9.17, 15) is 14.9 Å². The maximum Gasteiger partial charge on any atom is 0.271 e. The molecule has 1 amide bonds. The molecule has 2 rings (SSSR count). The number of rotatable bonds is 6. The third kappa shape index (κ3) is 4.39. The summed E-state index contributed by atoms with van der Waals surface area (Å²) in [7, 11) is 1.88. The molecule has 0 heterocycles. The zero-order valence-electron chi connectivity index (χ0n) is 14.0. The topological polar surface area (TPSA) is 75.5 Å². The monoisotopic (exact) mass is 327 g/mol. The van der Waals surface area contributed by atoms with Gasteiger partial charge in [-0.15, -0.1) is 0 Å². The molecule has 1 atom stereocenters. The first-order valence-corrected chi connectivity index (χ1v) is 7.68. The summed E-state index contributed by atoms with van der Waals surface area (Å²) >= 11 is 0. The number of nitro groups is 1. The molecule has 0 fully saturated rings. The van der Waals surface area contributed by atoms with E-state index in [4.69, 9.17) is 0 Å². The first-order chi connectivity index (χ1) is 11.4.